The van der Waals surface area contributed by atoms with Crippen molar-refractivity contribution in [1.82, 2.24) is 14.9 Å². The van der Waals surface area contributed by atoms with Crippen molar-refractivity contribution in [3.63, 3.8) is 0 Å². The first-order valence-corrected chi connectivity index (χ1v) is 9.11. The van der Waals surface area contributed by atoms with Crippen LogP contribution in [-0.4, -0.2) is 21.5 Å². The van der Waals surface area contributed by atoms with E-state index in [0.717, 1.165) is 12.0 Å². The third-order valence-electron chi connectivity index (χ3n) is 4.70. The number of rotatable bonds is 6. The molecule has 2 aromatic carbocycles. The van der Waals surface area contributed by atoms with Crippen LogP contribution >= 0.6 is 0 Å². The first kappa shape index (κ1) is 18.6. The quantitative estimate of drug-likeness (QED) is 0.704. The van der Waals surface area contributed by atoms with Gasteiger partial charge in [0.05, 0.1) is 10.9 Å². The summed E-state index contributed by atoms with van der Waals surface area (Å²) >= 11 is 0. The average molecular weight is 365 g/mol. The van der Waals surface area contributed by atoms with Gasteiger partial charge in [-0.1, -0.05) is 37.3 Å². The summed E-state index contributed by atoms with van der Waals surface area (Å²) < 4.78 is 1.20. The lowest BCUT2D eigenvalue weighted by atomic mass is 10.1. The van der Waals surface area contributed by atoms with Crippen molar-refractivity contribution in [2.24, 2.45) is 0 Å². The van der Waals surface area contributed by atoms with Crippen LogP contribution < -0.4 is 16.6 Å². The Morgan fingerprint density at radius 3 is 2.59 bits per heavy atom. The van der Waals surface area contributed by atoms with Crippen molar-refractivity contribution >= 4 is 16.8 Å². The molecular weight excluding hydrogens is 342 g/mol. The number of fused-ring (bicyclic) bond motifs is 1. The minimum Gasteiger partial charge on any atom is -0.350 e. The zero-order valence-electron chi connectivity index (χ0n) is 15.5. The molecule has 1 heterocycles. The summed E-state index contributed by atoms with van der Waals surface area (Å²) in [5.41, 5.74) is 1.03. The number of aryl methyl sites for hydroxylation is 1. The minimum absolute atomic E-state index is 0.0539. The number of carbonyl (C=O) groups excluding carboxylic acids is 1. The monoisotopic (exact) mass is 365 g/mol. The van der Waals surface area contributed by atoms with Crippen LogP contribution in [0, 0.1) is 0 Å². The molecule has 6 nitrogen and oxygen atoms in total. The maximum absolute atomic E-state index is 12.7. The second kappa shape index (κ2) is 8.03. The molecule has 0 saturated heterocycles. The summed E-state index contributed by atoms with van der Waals surface area (Å²) in [6.45, 7) is 4.21. The number of nitrogens with one attached hydrogen (secondary N) is 2. The van der Waals surface area contributed by atoms with Crippen LogP contribution in [0.15, 0.2) is 58.1 Å². The Labute approximate surface area is 156 Å². The molecule has 1 amide bonds. The number of aromatic amines is 1. The van der Waals surface area contributed by atoms with Gasteiger partial charge in [-0.05, 0) is 43.5 Å². The largest absolute Gasteiger partial charge is 0.350 e. The minimum atomic E-state index is -0.470. The molecule has 0 radical (unpaired) electrons. The molecule has 0 bridgehead atoms. The van der Waals surface area contributed by atoms with Crippen molar-refractivity contribution in [3.05, 3.63) is 80.5 Å². The van der Waals surface area contributed by atoms with Gasteiger partial charge in [-0.2, -0.15) is 0 Å². The first-order chi connectivity index (χ1) is 13.0. The summed E-state index contributed by atoms with van der Waals surface area (Å²) in [6, 6.07) is 14.5. The van der Waals surface area contributed by atoms with Gasteiger partial charge in [0, 0.05) is 18.2 Å². The summed E-state index contributed by atoms with van der Waals surface area (Å²) in [7, 11) is 0. The van der Waals surface area contributed by atoms with E-state index in [9.17, 15) is 14.4 Å². The fourth-order valence-corrected chi connectivity index (χ4v) is 2.89. The van der Waals surface area contributed by atoms with E-state index >= 15 is 0 Å². The topological polar surface area (TPSA) is 84.0 Å². The number of benzene rings is 2. The highest BCUT2D eigenvalue weighted by Crippen LogP contribution is 2.10. The highest BCUT2D eigenvalue weighted by atomic mass is 16.2. The number of carbonyl (C=O) groups is 1. The van der Waals surface area contributed by atoms with Gasteiger partial charge in [-0.25, -0.2) is 4.79 Å². The van der Waals surface area contributed by atoms with Gasteiger partial charge in [0.25, 0.3) is 11.5 Å². The van der Waals surface area contributed by atoms with E-state index in [1.165, 1.54) is 4.57 Å². The van der Waals surface area contributed by atoms with Crippen LogP contribution in [0.1, 0.15) is 36.2 Å². The maximum Gasteiger partial charge on any atom is 0.328 e. The number of aromatic nitrogens is 2. The van der Waals surface area contributed by atoms with E-state index in [1.807, 2.05) is 44.2 Å². The van der Waals surface area contributed by atoms with Gasteiger partial charge in [0.15, 0.2) is 0 Å². The fraction of sp³-hybridized carbons (Fsp3) is 0.286. The van der Waals surface area contributed by atoms with Crippen molar-refractivity contribution in [3.8, 4) is 0 Å². The Balaban J connectivity index is 1.91. The molecule has 140 valence electrons. The van der Waals surface area contributed by atoms with Crippen molar-refractivity contribution in [2.75, 3.05) is 0 Å². The zero-order chi connectivity index (χ0) is 19.4. The molecule has 0 spiro atoms. The number of amides is 1. The van der Waals surface area contributed by atoms with Crippen LogP contribution in [0.25, 0.3) is 10.9 Å². The van der Waals surface area contributed by atoms with Crippen LogP contribution in [0.4, 0.5) is 0 Å². The van der Waals surface area contributed by atoms with Crippen molar-refractivity contribution in [2.45, 2.75) is 39.3 Å². The lowest BCUT2D eigenvalue weighted by molar-refractivity contribution is 0.0939. The van der Waals surface area contributed by atoms with Gasteiger partial charge in [0.2, 0.25) is 0 Å². The average Bonchev–Trinajstić information content (AvgIpc) is 2.68. The van der Waals surface area contributed by atoms with Gasteiger partial charge in [-0.15, -0.1) is 0 Å². The molecule has 0 fully saturated rings. The number of hydrogen-bond donors (Lipinski definition) is 2. The zero-order valence-corrected chi connectivity index (χ0v) is 15.5. The van der Waals surface area contributed by atoms with Gasteiger partial charge in [-0.3, -0.25) is 14.2 Å². The van der Waals surface area contributed by atoms with Gasteiger partial charge in [0.1, 0.15) is 0 Å². The van der Waals surface area contributed by atoms with Gasteiger partial charge >= 0.3 is 5.69 Å². The maximum atomic E-state index is 12.7. The number of H-pyrrole nitrogens is 1. The summed E-state index contributed by atoms with van der Waals surface area (Å²) in [5.74, 6) is -0.222. The van der Waals surface area contributed by atoms with E-state index in [1.54, 1.807) is 18.2 Å². The Hall–Kier alpha value is -3.15. The van der Waals surface area contributed by atoms with E-state index in [2.05, 4.69) is 10.3 Å². The van der Waals surface area contributed by atoms with Crippen LogP contribution in [0.2, 0.25) is 0 Å². The molecule has 3 rings (SSSR count). The molecule has 0 aliphatic carbocycles. The van der Waals surface area contributed by atoms with Crippen molar-refractivity contribution < 1.29 is 4.79 Å². The molecule has 27 heavy (non-hydrogen) atoms. The fourth-order valence-electron chi connectivity index (χ4n) is 2.89. The predicted molar refractivity (Wildman–Crippen MR) is 106 cm³/mol. The molecule has 1 atom stereocenters. The SMILES string of the molecule is CCC(C)NC(=O)c1ccc2c(=O)n(CCc3ccccc3)c(=O)[nH]c2c1. The van der Waals surface area contributed by atoms with E-state index in [4.69, 9.17) is 0 Å². The lowest BCUT2D eigenvalue weighted by Gasteiger charge is -2.12. The third kappa shape index (κ3) is 4.16. The molecule has 0 saturated carbocycles. The highest BCUT2D eigenvalue weighted by Gasteiger charge is 2.12. The Bertz CT molecular complexity index is 1070. The van der Waals surface area contributed by atoms with Crippen molar-refractivity contribution in [1.29, 1.82) is 0 Å². The summed E-state index contributed by atoms with van der Waals surface area (Å²) in [5, 5.41) is 3.27. The van der Waals surface area contributed by atoms with E-state index in [-0.39, 0.29) is 17.5 Å². The number of nitrogens with zero attached hydrogens (tertiary/aromatic N) is 1. The summed E-state index contributed by atoms with van der Waals surface area (Å²) in [4.78, 5) is 40.1. The second-order valence-corrected chi connectivity index (χ2v) is 6.67. The van der Waals surface area contributed by atoms with Crippen LogP contribution in [0.5, 0.6) is 0 Å². The molecule has 1 aromatic heterocycles. The first-order valence-electron chi connectivity index (χ1n) is 9.11. The standard InChI is InChI=1S/C21H23N3O3/c1-3-14(2)22-19(25)16-9-10-17-18(13-16)23-21(27)24(20(17)26)12-11-15-7-5-4-6-8-15/h4-10,13-14H,3,11-12H2,1-2H3,(H,22,25)(H,23,27). The Morgan fingerprint density at radius 1 is 1.15 bits per heavy atom. The van der Waals surface area contributed by atoms with Gasteiger partial charge < -0.3 is 10.3 Å². The number of hydrogen-bond acceptors (Lipinski definition) is 3. The molecule has 1 unspecified atom stereocenters. The molecular formula is C21H23N3O3. The lowest BCUT2D eigenvalue weighted by Crippen LogP contribution is -2.36. The van der Waals surface area contributed by atoms with Crippen LogP contribution in [0.3, 0.4) is 0 Å². The highest BCUT2D eigenvalue weighted by molar-refractivity contribution is 5.97. The molecule has 0 aliphatic rings. The summed E-state index contributed by atoms with van der Waals surface area (Å²) in [6.07, 6.45) is 1.41. The van der Waals surface area contributed by atoms with E-state index < -0.39 is 5.69 Å². The smallest absolute Gasteiger partial charge is 0.328 e. The predicted octanol–water partition coefficient (Wildman–Crippen LogP) is 2.46. The third-order valence-corrected chi connectivity index (χ3v) is 4.70. The van der Waals surface area contributed by atoms with E-state index in [0.29, 0.717) is 29.4 Å². The molecule has 3 aromatic rings. The van der Waals surface area contributed by atoms with Crippen LogP contribution in [-0.2, 0) is 13.0 Å². The second-order valence-electron chi connectivity index (χ2n) is 6.67. The Morgan fingerprint density at radius 2 is 1.89 bits per heavy atom. The molecule has 6 heteroatoms. The normalized spacial score (nSPS) is 12.1. The molecule has 2 N–H and O–H groups in total. The molecule has 0 aliphatic heterocycles. The Kier molecular flexibility index (Phi) is 5.54.